The Bertz CT molecular complexity index is 835. The largest absolute Gasteiger partial charge is 0.479 e. The van der Waals surface area contributed by atoms with E-state index in [1.54, 1.807) is 0 Å². The van der Waals surface area contributed by atoms with Crippen LogP contribution in [0.3, 0.4) is 0 Å². The van der Waals surface area contributed by atoms with Gasteiger partial charge < -0.3 is 14.7 Å². The van der Waals surface area contributed by atoms with E-state index in [1.165, 1.54) is 16.7 Å². The van der Waals surface area contributed by atoms with Crippen molar-refractivity contribution in [2.24, 2.45) is 0 Å². The number of fused-ring (bicyclic) bond motifs is 1. The first kappa shape index (κ1) is 17.7. The highest BCUT2D eigenvalue weighted by molar-refractivity contribution is 5.83. The Hall–Kier alpha value is -2.66. The minimum Gasteiger partial charge on any atom is -0.479 e. The van der Waals surface area contributed by atoms with Gasteiger partial charge in [0.1, 0.15) is 6.10 Å². The van der Waals surface area contributed by atoms with E-state index in [0.29, 0.717) is 19.4 Å². The molecule has 5 nitrogen and oxygen atoms in total. The van der Waals surface area contributed by atoms with Gasteiger partial charge in [0.25, 0.3) is 5.91 Å². The summed E-state index contributed by atoms with van der Waals surface area (Å²) < 4.78 is 5.53. The number of hydrogen-bond acceptors (Lipinski definition) is 3. The molecule has 2 heterocycles. The van der Waals surface area contributed by atoms with E-state index in [0.717, 1.165) is 12.8 Å². The number of amides is 1. The fourth-order valence-electron chi connectivity index (χ4n) is 4.16. The van der Waals surface area contributed by atoms with Crippen molar-refractivity contribution in [2.75, 3.05) is 6.54 Å². The number of benzene rings is 2. The molecule has 0 saturated carbocycles. The van der Waals surface area contributed by atoms with Gasteiger partial charge in [-0.05, 0) is 42.4 Å². The normalized spacial score (nSPS) is 24.4. The number of carbonyl (C=O) groups is 2. The first-order valence-corrected chi connectivity index (χ1v) is 9.44. The van der Waals surface area contributed by atoms with Crippen LogP contribution in [0, 0.1) is 0 Å². The minimum atomic E-state index is -0.991. The SMILES string of the molecule is O=C(O)[C@H]1CC[C@@H](C(=O)N2CCc3ccccc3C2Cc2ccccc2)O1. The molecule has 0 bridgehead atoms. The fraction of sp³-hybridized carbons (Fsp3) is 0.364. The molecule has 3 atom stereocenters. The van der Waals surface area contributed by atoms with Crippen LogP contribution in [0.25, 0.3) is 0 Å². The molecule has 140 valence electrons. The Labute approximate surface area is 158 Å². The average molecular weight is 365 g/mol. The summed E-state index contributed by atoms with van der Waals surface area (Å²) in [6.07, 6.45) is 0.866. The lowest BCUT2D eigenvalue weighted by molar-refractivity contribution is -0.156. The van der Waals surface area contributed by atoms with E-state index in [2.05, 4.69) is 24.3 Å². The zero-order chi connectivity index (χ0) is 18.8. The zero-order valence-electron chi connectivity index (χ0n) is 15.1. The molecule has 1 N–H and O–H groups in total. The van der Waals surface area contributed by atoms with Gasteiger partial charge in [-0.15, -0.1) is 0 Å². The van der Waals surface area contributed by atoms with Gasteiger partial charge in [0.2, 0.25) is 0 Å². The number of carboxylic acid groups (broad SMARTS) is 1. The van der Waals surface area contributed by atoms with Crippen LogP contribution in [0.15, 0.2) is 54.6 Å². The maximum atomic E-state index is 13.2. The van der Waals surface area contributed by atoms with Crippen LogP contribution in [-0.4, -0.2) is 40.6 Å². The molecule has 0 spiro atoms. The lowest BCUT2D eigenvalue weighted by Gasteiger charge is -2.38. The number of nitrogens with zero attached hydrogens (tertiary/aromatic N) is 1. The van der Waals surface area contributed by atoms with Gasteiger partial charge in [0.05, 0.1) is 6.04 Å². The Morgan fingerprint density at radius 3 is 2.44 bits per heavy atom. The lowest BCUT2D eigenvalue weighted by Crippen LogP contribution is -2.46. The number of ether oxygens (including phenoxy) is 1. The van der Waals surface area contributed by atoms with Gasteiger partial charge in [-0.25, -0.2) is 4.79 Å². The first-order valence-electron chi connectivity index (χ1n) is 9.44. The highest BCUT2D eigenvalue weighted by Gasteiger charge is 2.40. The summed E-state index contributed by atoms with van der Waals surface area (Å²) in [5, 5.41) is 9.15. The van der Waals surface area contributed by atoms with Crippen LogP contribution in [0.5, 0.6) is 0 Å². The lowest BCUT2D eigenvalue weighted by atomic mass is 9.88. The quantitative estimate of drug-likeness (QED) is 0.905. The van der Waals surface area contributed by atoms with Crippen LogP contribution in [0.4, 0.5) is 0 Å². The standard InChI is InChI=1S/C22H23NO4/c24-21(19-10-11-20(27-19)22(25)26)23-13-12-16-8-4-5-9-17(16)18(23)14-15-6-2-1-3-7-15/h1-9,18-20H,10-14H2,(H,25,26)/t18?,19-,20+/m0/s1. The highest BCUT2D eigenvalue weighted by Crippen LogP contribution is 2.34. The molecule has 1 amide bonds. The van der Waals surface area contributed by atoms with Crippen molar-refractivity contribution in [1.82, 2.24) is 4.90 Å². The van der Waals surface area contributed by atoms with Gasteiger partial charge in [0.15, 0.2) is 6.10 Å². The average Bonchev–Trinajstić information content (AvgIpc) is 3.19. The predicted molar refractivity (Wildman–Crippen MR) is 100 cm³/mol. The highest BCUT2D eigenvalue weighted by atomic mass is 16.5. The second-order valence-corrected chi connectivity index (χ2v) is 7.21. The maximum Gasteiger partial charge on any atom is 0.332 e. The van der Waals surface area contributed by atoms with Crippen molar-refractivity contribution in [2.45, 2.75) is 43.9 Å². The summed E-state index contributed by atoms with van der Waals surface area (Å²) >= 11 is 0. The fourth-order valence-corrected chi connectivity index (χ4v) is 4.16. The van der Waals surface area contributed by atoms with Crippen LogP contribution in [-0.2, 0) is 27.2 Å². The second kappa shape index (κ2) is 7.53. The Morgan fingerprint density at radius 2 is 1.70 bits per heavy atom. The van der Waals surface area contributed by atoms with E-state index in [9.17, 15) is 9.59 Å². The molecule has 1 unspecified atom stereocenters. The summed E-state index contributed by atoms with van der Waals surface area (Å²) in [5.41, 5.74) is 3.62. The minimum absolute atomic E-state index is 0.0580. The van der Waals surface area contributed by atoms with Crippen LogP contribution >= 0.6 is 0 Å². The number of rotatable bonds is 4. The second-order valence-electron chi connectivity index (χ2n) is 7.21. The van der Waals surface area contributed by atoms with Gasteiger partial charge in [-0.3, -0.25) is 4.79 Å². The molecular formula is C22H23NO4. The van der Waals surface area contributed by atoms with E-state index >= 15 is 0 Å². The molecule has 27 heavy (non-hydrogen) atoms. The molecule has 2 aliphatic heterocycles. The third kappa shape index (κ3) is 3.60. The van der Waals surface area contributed by atoms with Crippen molar-refractivity contribution in [1.29, 1.82) is 0 Å². The number of carbonyl (C=O) groups excluding carboxylic acids is 1. The third-order valence-corrected chi connectivity index (χ3v) is 5.54. The number of hydrogen-bond donors (Lipinski definition) is 1. The van der Waals surface area contributed by atoms with E-state index in [1.807, 2.05) is 35.2 Å². The molecule has 2 aromatic rings. The Balaban J connectivity index is 1.60. The van der Waals surface area contributed by atoms with Crippen molar-refractivity contribution in [3.8, 4) is 0 Å². The van der Waals surface area contributed by atoms with Gasteiger partial charge in [-0.1, -0.05) is 54.6 Å². The van der Waals surface area contributed by atoms with E-state index in [4.69, 9.17) is 9.84 Å². The van der Waals surface area contributed by atoms with Crippen molar-refractivity contribution in [3.63, 3.8) is 0 Å². The zero-order valence-corrected chi connectivity index (χ0v) is 15.1. The molecule has 0 radical (unpaired) electrons. The summed E-state index contributed by atoms with van der Waals surface area (Å²) in [7, 11) is 0. The molecule has 2 aromatic carbocycles. The molecule has 5 heteroatoms. The van der Waals surface area contributed by atoms with Crippen molar-refractivity contribution >= 4 is 11.9 Å². The van der Waals surface area contributed by atoms with Crippen molar-refractivity contribution < 1.29 is 19.4 Å². The maximum absolute atomic E-state index is 13.2. The van der Waals surface area contributed by atoms with Gasteiger partial charge in [-0.2, -0.15) is 0 Å². The monoisotopic (exact) mass is 365 g/mol. The summed E-state index contributed by atoms with van der Waals surface area (Å²) in [6, 6.07) is 18.4. The predicted octanol–water partition coefficient (Wildman–Crippen LogP) is 2.99. The molecule has 1 fully saturated rings. The van der Waals surface area contributed by atoms with Gasteiger partial charge >= 0.3 is 5.97 Å². The molecule has 2 aliphatic rings. The van der Waals surface area contributed by atoms with Crippen LogP contribution in [0.1, 0.15) is 35.6 Å². The van der Waals surface area contributed by atoms with Crippen LogP contribution < -0.4 is 0 Å². The van der Waals surface area contributed by atoms with Crippen molar-refractivity contribution in [3.05, 3.63) is 71.3 Å². The Kier molecular flexibility index (Phi) is 4.94. The van der Waals surface area contributed by atoms with E-state index < -0.39 is 18.2 Å². The summed E-state index contributed by atoms with van der Waals surface area (Å²) in [5.74, 6) is -1.08. The first-order chi connectivity index (χ1) is 13.1. The molecular weight excluding hydrogens is 342 g/mol. The third-order valence-electron chi connectivity index (χ3n) is 5.54. The Morgan fingerprint density at radius 1 is 1.00 bits per heavy atom. The molecule has 0 aliphatic carbocycles. The van der Waals surface area contributed by atoms with E-state index in [-0.39, 0.29) is 11.9 Å². The smallest absolute Gasteiger partial charge is 0.332 e. The molecule has 0 aromatic heterocycles. The summed E-state index contributed by atoms with van der Waals surface area (Å²) in [4.78, 5) is 26.2. The number of aliphatic carboxylic acids is 1. The summed E-state index contributed by atoms with van der Waals surface area (Å²) in [6.45, 7) is 0.630. The van der Waals surface area contributed by atoms with Crippen LogP contribution in [0.2, 0.25) is 0 Å². The number of carboxylic acids is 1. The van der Waals surface area contributed by atoms with Gasteiger partial charge in [0, 0.05) is 6.54 Å². The molecule has 1 saturated heterocycles. The molecule has 4 rings (SSSR count). The topological polar surface area (TPSA) is 66.8 Å².